The van der Waals surface area contributed by atoms with Crippen molar-refractivity contribution in [3.63, 3.8) is 0 Å². The Bertz CT molecular complexity index is 1130. The molecule has 1 amide bonds. The van der Waals surface area contributed by atoms with Gasteiger partial charge in [0, 0.05) is 11.8 Å². The van der Waals surface area contributed by atoms with Crippen LogP contribution in [0, 0.1) is 20.8 Å². The zero-order chi connectivity index (χ0) is 19.7. The topological polar surface area (TPSA) is 127 Å². The largest absolute Gasteiger partial charge is 0.319 e. The number of tetrazole rings is 1. The van der Waals surface area contributed by atoms with Crippen LogP contribution in [0.1, 0.15) is 27.6 Å². The van der Waals surface area contributed by atoms with E-state index in [4.69, 9.17) is 0 Å². The molecule has 140 valence electrons. The van der Waals surface area contributed by atoms with Crippen LogP contribution in [0.2, 0.25) is 0 Å². The molecule has 10 heteroatoms. The highest BCUT2D eigenvalue weighted by Gasteiger charge is 2.21. The van der Waals surface area contributed by atoms with Crippen molar-refractivity contribution in [3.8, 4) is 17.2 Å². The van der Waals surface area contributed by atoms with E-state index < -0.39 is 0 Å². The molecule has 0 saturated carbocycles. The maximum atomic E-state index is 13.0. The first-order chi connectivity index (χ1) is 13.5. The normalized spacial score (nSPS) is 10.8. The van der Waals surface area contributed by atoms with Gasteiger partial charge in [0.25, 0.3) is 11.9 Å². The van der Waals surface area contributed by atoms with Gasteiger partial charge < -0.3 is 5.32 Å². The van der Waals surface area contributed by atoms with Crippen LogP contribution in [0.3, 0.4) is 0 Å². The molecular formula is C18H17N9O. The molecule has 1 aromatic carbocycles. The first-order valence-electron chi connectivity index (χ1n) is 8.55. The van der Waals surface area contributed by atoms with Crippen LogP contribution in [0.25, 0.3) is 17.2 Å². The van der Waals surface area contributed by atoms with Crippen LogP contribution in [0.15, 0.2) is 36.5 Å². The fourth-order valence-electron chi connectivity index (χ4n) is 2.90. The third-order valence-electron chi connectivity index (χ3n) is 4.25. The van der Waals surface area contributed by atoms with E-state index in [0.29, 0.717) is 40.1 Å². The number of anilines is 1. The summed E-state index contributed by atoms with van der Waals surface area (Å²) < 4.78 is 1.51. The van der Waals surface area contributed by atoms with Gasteiger partial charge in [0.1, 0.15) is 5.82 Å². The molecule has 0 radical (unpaired) electrons. The van der Waals surface area contributed by atoms with Gasteiger partial charge in [-0.1, -0.05) is 35.4 Å². The number of carbonyl (C=O) groups excluding carboxylic acids is 1. The van der Waals surface area contributed by atoms with Gasteiger partial charge in [-0.15, -0.1) is 5.10 Å². The molecule has 0 aliphatic carbocycles. The Balaban J connectivity index is 1.71. The second-order valence-electron chi connectivity index (χ2n) is 6.17. The van der Waals surface area contributed by atoms with Gasteiger partial charge >= 0.3 is 0 Å². The van der Waals surface area contributed by atoms with Gasteiger partial charge in [-0.2, -0.15) is 15.0 Å². The lowest BCUT2D eigenvalue weighted by Crippen LogP contribution is -2.16. The molecule has 2 N–H and O–H groups in total. The SMILES string of the molecule is Cc1ncc(C(=O)Nc2c(C)nn(-c3nn[nH]n3)c2C)c(-c2ccccc2)n1. The number of hydrogen-bond acceptors (Lipinski definition) is 7. The number of aryl methyl sites for hydroxylation is 2. The van der Waals surface area contributed by atoms with Crippen molar-refractivity contribution in [1.82, 2.24) is 40.4 Å². The Kier molecular flexibility index (Phi) is 4.36. The van der Waals surface area contributed by atoms with Gasteiger partial charge in [-0.05, 0) is 26.0 Å². The first-order valence-corrected chi connectivity index (χ1v) is 8.55. The Morgan fingerprint density at radius 1 is 1.14 bits per heavy atom. The van der Waals surface area contributed by atoms with Crippen molar-refractivity contribution in [3.05, 3.63) is 59.3 Å². The van der Waals surface area contributed by atoms with E-state index >= 15 is 0 Å². The predicted molar refractivity (Wildman–Crippen MR) is 101 cm³/mol. The molecule has 0 aliphatic heterocycles. The third-order valence-corrected chi connectivity index (χ3v) is 4.25. The number of nitrogens with one attached hydrogen (secondary N) is 2. The number of nitrogens with zero attached hydrogens (tertiary/aromatic N) is 7. The Hall–Kier alpha value is -3.95. The van der Waals surface area contributed by atoms with E-state index in [1.54, 1.807) is 13.8 Å². The van der Waals surface area contributed by atoms with Gasteiger partial charge in [0.2, 0.25) is 0 Å². The number of carbonyl (C=O) groups is 1. The molecule has 3 heterocycles. The molecule has 0 bridgehead atoms. The summed E-state index contributed by atoms with van der Waals surface area (Å²) in [6.45, 7) is 5.40. The molecular weight excluding hydrogens is 358 g/mol. The van der Waals surface area contributed by atoms with Gasteiger partial charge in [-0.25, -0.2) is 9.97 Å². The lowest BCUT2D eigenvalue weighted by atomic mass is 10.1. The zero-order valence-corrected chi connectivity index (χ0v) is 15.5. The number of aromatic amines is 1. The van der Waals surface area contributed by atoms with Crippen LogP contribution in [-0.2, 0) is 0 Å². The van der Waals surface area contributed by atoms with E-state index in [2.05, 4.69) is 41.0 Å². The summed E-state index contributed by atoms with van der Waals surface area (Å²) >= 11 is 0. The van der Waals surface area contributed by atoms with Crippen LogP contribution < -0.4 is 5.32 Å². The summed E-state index contributed by atoms with van der Waals surface area (Å²) in [7, 11) is 0. The van der Waals surface area contributed by atoms with Crippen molar-refractivity contribution in [2.24, 2.45) is 0 Å². The summed E-state index contributed by atoms with van der Waals surface area (Å²) in [6.07, 6.45) is 1.54. The highest BCUT2D eigenvalue weighted by atomic mass is 16.1. The minimum atomic E-state index is -0.322. The van der Waals surface area contributed by atoms with Crippen molar-refractivity contribution < 1.29 is 4.79 Å². The average molecular weight is 375 g/mol. The first kappa shape index (κ1) is 17.5. The van der Waals surface area contributed by atoms with Crippen molar-refractivity contribution in [1.29, 1.82) is 0 Å². The molecule has 0 aliphatic rings. The molecule has 0 unspecified atom stereocenters. The maximum absolute atomic E-state index is 13.0. The van der Waals surface area contributed by atoms with E-state index in [0.717, 1.165) is 5.56 Å². The average Bonchev–Trinajstić information content (AvgIpc) is 3.32. The maximum Gasteiger partial charge on any atom is 0.290 e. The monoisotopic (exact) mass is 375 g/mol. The van der Waals surface area contributed by atoms with Gasteiger partial charge in [0.05, 0.1) is 28.3 Å². The summed E-state index contributed by atoms with van der Waals surface area (Å²) in [5.74, 6) is 0.565. The molecule has 4 aromatic rings. The summed E-state index contributed by atoms with van der Waals surface area (Å²) in [4.78, 5) is 21.7. The molecule has 28 heavy (non-hydrogen) atoms. The van der Waals surface area contributed by atoms with Gasteiger partial charge in [0.15, 0.2) is 0 Å². The van der Waals surface area contributed by atoms with Crippen molar-refractivity contribution >= 4 is 11.6 Å². The minimum absolute atomic E-state index is 0.296. The second-order valence-corrected chi connectivity index (χ2v) is 6.17. The van der Waals surface area contributed by atoms with E-state index in [1.165, 1.54) is 10.9 Å². The lowest BCUT2D eigenvalue weighted by molar-refractivity contribution is 0.102. The smallest absolute Gasteiger partial charge is 0.290 e. The minimum Gasteiger partial charge on any atom is -0.319 e. The number of rotatable bonds is 4. The molecule has 0 atom stereocenters. The summed E-state index contributed by atoms with van der Waals surface area (Å²) in [5, 5.41) is 21.1. The zero-order valence-electron chi connectivity index (χ0n) is 15.5. The third kappa shape index (κ3) is 3.11. The number of aromatic nitrogens is 8. The Morgan fingerprint density at radius 3 is 2.64 bits per heavy atom. The fourth-order valence-corrected chi connectivity index (χ4v) is 2.90. The summed E-state index contributed by atoms with van der Waals surface area (Å²) in [6, 6.07) is 9.53. The second kappa shape index (κ2) is 6.99. The molecule has 10 nitrogen and oxygen atoms in total. The molecule has 0 spiro atoms. The van der Waals surface area contributed by atoms with Crippen molar-refractivity contribution in [2.45, 2.75) is 20.8 Å². The Morgan fingerprint density at radius 2 is 1.93 bits per heavy atom. The van der Waals surface area contributed by atoms with Crippen LogP contribution >= 0.6 is 0 Å². The quantitative estimate of drug-likeness (QED) is 0.558. The lowest BCUT2D eigenvalue weighted by Gasteiger charge is -2.10. The molecule has 0 fully saturated rings. The Labute approximate surface area is 160 Å². The van der Waals surface area contributed by atoms with E-state index in [9.17, 15) is 4.79 Å². The van der Waals surface area contributed by atoms with Crippen LogP contribution in [0.5, 0.6) is 0 Å². The highest BCUT2D eigenvalue weighted by Crippen LogP contribution is 2.25. The highest BCUT2D eigenvalue weighted by molar-refractivity contribution is 6.08. The van der Waals surface area contributed by atoms with Crippen LogP contribution in [-0.4, -0.2) is 46.3 Å². The predicted octanol–water partition coefficient (Wildman–Crippen LogP) is 2.02. The van der Waals surface area contributed by atoms with Crippen LogP contribution in [0.4, 0.5) is 5.69 Å². The fraction of sp³-hybridized carbons (Fsp3) is 0.167. The number of H-pyrrole nitrogens is 1. The van der Waals surface area contributed by atoms with E-state index in [1.807, 2.05) is 37.3 Å². The number of amides is 1. The standard InChI is InChI=1S/C18H17N9O/c1-10-15(11(2)27(24-10)18-22-25-26-23-18)21-17(28)14-9-19-12(3)20-16(14)13-7-5-4-6-8-13/h4-9H,1-3H3,(H,21,28)(H,22,23,25,26). The van der Waals surface area contributed by atoms with E-state index in [-0.39, 0.29) is 5.91 Å². The molecule has 4 rings (SSSR count). The number of hydrogen-bond donors (Lipinski definition) is 2. The molecule has 0 saturated heterocycles. The molecule has 3 aromatic heterocycles. The van der Waals surface area contributed by atoms with Crippen molar-refractivity contribution in [2.75, 3.05) is 5.32 Å². The summed E-state index contributed by atoms with van der Waals surface area (Å²) in [5.41, 5.74) is 3.68. The number of benzene rings is 1. The van der Waals surface area contributed by atoms with Gasteiger partial charge in [-0.3, -0.25) is 4.79 Å².